The summed E-state index contributed by atoms with van der Waals surface area (Å²) in [4.78, 5) is 15.0. The van der Waals surface area contributed by atoms with Crippen LogP contribution in [0.4, 0.5) is 0 Å². The quantitative estimate of drug-likeness (QED) is 0.924. The minimum absolute atomic E-state index is 0.00793. The number of likely N-dealkylation sites (tertiary alicyclic amines) is 1. The number of nitrogens with zero attached hydrogens (tertiary/aromatic N) is 1. The van der Waals surface area contributed by atoms with E-state index in [1.165, 1.54) is 5.56 Å². The van der Waals surface area contributed by atoms with Gasteiger partial charge in [0.05, 0.1) is 12.5 Å². The molecule has 3 atom stereocenters. The number of hydrogen-bond donors (Lipinski definition) is 1. The summed E-state index contributed by atoms with van der Waals surface area (Å²) in [6.45, 7) is 1.91. The predicted molar refractivity (Wildman–Crippen MR) is 93.0 cm³/mol. The first-order valence-electron chi connectivity index (χ1n) is 8.55. The molecular formula is C20H22N2O2. The highest BCUT2D eigenvalue weighted by Gasteiger charge is 2.38. The fourth-order valence-electron chi connectivity index (χ4n) is 3.88. The number of amides is 1. The second kappa shape index (κ2) is 6.29. The average Bonchev–Trinajstić information content (AvgIpc) is 3.03. The molecule has 4 nitrogen and oxygen atoms in total. The number of carbonyl (C=O) groups excluding carboxylic acids is 1. The van der Waals surface area contributed by atoms with Crippen LogP contribution in [0.1, 0.15) is 29.4 Å². The number of fused-ring (bicyclic) bond motifs is 1. The topological polar surface area (TPSA) is 55.6 Å². The number of nitrogens with two attached hydrogens (primary N) is 1. The first-order valence-corrected chi connectivity index (χ1v) is 8.55. The van der Waals surface area contributed by atoms with Crippen LogP contribution < -0.4 is 10.5 Å². The van der Waals surface area contributed by atoms with Crippen molar-refractivity contribution >= 4 is 5.91 Å². The van der Waals surface area contributed by atoms with Gasteiger partial charge in [-0.15, -0.1) is 0 Å². The van der Waals surface area contributed by atoms with Gasteiger partial charge in [-0.2, -0.15) is 0 Å². The molecule has 2 aliphatic heterocycles. The smallest absolute Gasteiger partial charge is 0.230 e. The van der Waals surface area contributed by atoms with E-state index in [0.717, 1.165) is 17.7 Å². The molecule has 124 valence electrons. The van der Waals surface area contributed by atoms with Gasteiger partial charge in [0.1, 0.15) is 5.75 Å². The normalized spacial score (nSPS) is 25.9. The molecule has 0 bridgehead atoms. The number of para-hydroxylation sites is 1. The summed E-state index contributed by atoms with van der Waals surface area (Å²) < 4.78 is 5.68. The van der Waals surface area contributed by atoms with E-state index in [0.29, 0.717) is 19.7 Å². The van der Waals surface area contributed by atoms with Gasteiger partial charge in [-0.25, -0.2) is 0 Å². The van der Waals surface area contributed by atoms with Gasteiger partial charge in [0.25, 0.3) is 0 Å². The molecule has 0 spiro atoms. The number of ether oxygens (including phenoxy) is 1. The SMILES string of the molecule is N[C@@H]1CN(C(=O)C2CCOc3ccccc32)C[C@H]1c1ccccc1. The summed E-state index contributed by atoms with van der Waals surface area (Å²) in [6, 6.07) is 18.1. The molecule has 24 heavy (non-hydrogen) atoms. The highest BCUT2D eigenvalue weighted by atomic mass is 16.5. The summed E-state index contributed by atoms with van der Waals surface area (Å²) in [5.41, 5.74) is 8.57. The number of rotatable bonds is 2. The van der Waals surface area contributed by atoms with Crippen molar-refractivity contribution in [3.63, 3.8) is 0 Å². The summed E-state index contributed by atoms with van der Waals surface area (Å²) in [5.74, 6) is 1.12. The molecule has 1 fully saturated rings. The van der Waals surface area contributed by atoms with E-state index in [2.05, 4.69) is 12.1 Å². The third-order valence-corrected chi connectivity index (χ3v) is 5.16. The van der Waals surface area contributed by atoms with Crippen molar-refractivity contribution in [3.05, 3.63) is 65.7 Å². The Morgan fingerprint density at radius 2 is 1.79 bits per heavy atom. The molecule has 2 aliphatic rings. The number of hydrogen-bond acceptors (Lipinski definition) is 3. The molecular weight excluding hydrogens is 300 g/mol. The minimum atomic E-state index is -0.114. The zero-order chi connectivity index (χ0) is 16.5. The first-order chi connectivity index (χ1) is 11.7. The van der Waals surface area contributed by atoms with Crippen molar-refractivity contribution in [2.24, 2.45) is 5.73 Å². The fourth-order valence-corrected chi connectivity index (χ4v) is 3.88. The van der Waals surface area contributed by atoms with Gasteiger partial charge in [0, 0.05) is 30.6 Å². The zero-order valence-corrected chi connectivity index (χ0v) is 13.6. The van der Waals surface area contributed by atoms with Crippen LogP contribution in [0.25, 0.3) is 0 Å². The third kappa shape index (κ3) is 2.67. The largest absolute Gasteiger partial charge is 0.493 e. The molecule has 0 aliphatic carbocycles. The van der Waals surface area contributed by atoms with E-state index in [1.807, 2.05) is 47.4 Å². The molecule has 0 radical (unpaired) electrons. The molecule has 1 amide bonds. The van der Waals surface area contributed by atoms with Crippen LogP contribution in [-0.4, -0.2) is 36.5 Å². The monoisotopic (exact) mass is 322 g/mol. The van der Waals surface area contributed by atoms with E-state index in [-0.39, 0.29) is 23.8 Å². The first kappa shape index (κ1) is 15.2. The molecule has 2 heterocycles. The van der Waals surface area contributed by atoms with Crippen molar-refractivity contribution in [2.45, 2.75) is 24.3 Å². The lowest BCUT2D eigenvalue weighted by Crippen LogP contribution is -2.37. The van der Waals surface area contributed by atoms with E-state index in [1.54, 1.807) is 0 Å². The van der Waals surface area contributed by atoms with Crippen LogP contribution in [0.5, 0.6) is 5.75 Å². The number of carbonyl (C=O) groups is 1. The van der Waals surface area contributed by atoms with Gasteiger partial charge in [0.15, 0.2) is 0 Å². The summed E-state index contributed by atoms with van der Waals surface area (Å²) in [7, 11) is 0. The van der Waals surface area contributed by atoms with Crippen LogP contribution in [0.15, 0.2) is 54.6 Å². The van der Waals surface area contributed by atoms with Crippen molar-refractivity contribution in [3.8, 4) is 5.75 Å². The highest BCUT2D eigenvalue weighted by molar-refractivity contribution is 5.85. The Hall–Kier alpha value is -2.33. The predicted octanol–water partition coefficient (Wildman–Crippen LogP) is 2.51. The third-order valence-electron chi connectivity index (χ3n) is 5.16. The van der Waals surface area contributed by atoms with E-state index < -0.39 is 0 Å². The molecule has 0 saturated carbocycles. The average molecular weight is 322 g/mol. The van der Waals surface area contributed by atoms with Gasteiger partial charge in [-0.1, -0.05) is 48.5 Å². The molecule has 0 aromatic heterocycles. The van der Waals surface area contributed by atoms with E-state index in [9.17, 15) is 4.79 Å². The second-order valence-corrected chi connectivity index (χ2v) is 6.65. The fraction of sp³-hybridized carbons (Fsp3) is 0.350. The Morgan fingerprint density at radius 3 is 2.62 bits per heavy atom. The standard InChI is InChI=1S/C20H22N2O2/c21-18-13-22(12-17(18)14-6-2-1-3-7-14)20(23)16-10-11-24-19-9-5-4-8-15(16)19/h1-9,16-18H,10-13,21H2/t16?,17-,18+/m0/s1. The maximum absolute atomic E-state index is 13.1. The highest BCUT2D eigenvalue weighted by Crippen LogP contribution is 2.36. The molecule has 4 rings (SSSR count). The van der Waals surface area contributed by atoms with Gasteiger partial charge in [-0.05, 0) is 18.1 Å². The van der Waals surface area contributed by atoms with Crippen LogP contribution in [-0.2, 0) is 4.79 Å². The Balaban J connectivity index is 1.54. The van der Waals surface area contributed by atoms with Crippen molar-refractivity contribution in [1.82, 2.24) is 4.90 Å². The Morgan fingerprint density at radius 1 is 1.04 bits per heavy atom. The van der Waals surface area contributed by atoms with Crippen LogP contribution in [0.2, 0.25) is 0 Å². The zero-order valence-electron chi connectivity index (χ0n) is 13.6. The molecule has 2 N–H and O–H groups in total. The second-order valence-electron chi connectivity index (χ2n) is 6.65. The molecule has 2 aromatic carbocycles. The minimum Gasteiger partial charge on any atom is -0.493 e. The summed E-state index contributed by atoms with van der Waals surface area (Å²) in [6.07, 6.45) is 0.734. The van der Waals surface area contributed by atoms with Gasteiger partial charge in [0.2, 0.25) is 5.91 Å². The maximum atomic E-state index is 13.1. The van der Waals surface area contributed by atoms with Crippen molar-refractivity contribution < 1.29 is 9.53 Å². The summed E-state index contributed by atoms with van der Waals surface area (Å²) in [5, 5.41) is 0. The summed E-state index contributed by atoms with van der Waals surface area (Å²) >= 11 is 0. The lowest BCUT2D eigenvalue weighted by Gasteiger charge is -2.28. The maximum Gasteiger partial charge on any atom is 0.230 e. The molecule has 4 heteroatoms. The van der Waals surface area contributed by atoms with Crippen LogP contribution in [0, 0.1) is 0 Å². The molecule has 1 unspecified atom stereocenters. The lowest BCUT2D eigenvalue weighted by atomic mass is 9.92. The van der Waals surface area contributed by atoms with Crippen molar-refractivity contribution in [1.29, 1.82) is 0 Å². The van der Waals surface area contributed by atoms with E-state index >= 15 is 0 Å². The van der Waals surface area contributed by atoms with Crippen LogP contribution in [0.3, 0.4) is 0 Å². The van der Waals surface area contributed by atoms with E-state index in [4.69, 9.17) is 10.5 Å². The number of benzene rings is 2. The Kier molecular flexibility index (Phi) is 3.98. The van der Waals surface area contributed by atoms with Crippen LogP contribution >= 0.6 is 0 Å². The molecule has 2 aromatic rings. The molecule has 1 saturated heterocycles. The van der Waals surface area contributed by atoms with Crippen molar-refractivity contribution in [2.75, 3.05) is 19.7 Å². The van der Waals surface area contributed by atoms with Gasteiger partial charge in [-0.3, -0.25) is 4.79 Å². The van der Waals surface area contributed by atoms with Gasteiger partial charge < -0.3 is 15.4 Å². The Labute approximate surface area is 142 Å². The van der Waals surface area contributed by atoms with Gasteiger partial charge >= 0.3 is 0 Å². The lowest BCUT2D eigenvalue weighted by molar-refractivity contribution is -0.132. The Bertz CT molecular complexity index is 731.